The molecule has 2 saturated heterocycles. The highest BCUT2D eigenvalue weighted by atomic mass is 16.3. The molecule has 1 aromatic carbocycles. The fraction of sp³-hybridized carbons (Fsp3) is 0.611. The van der Waals surface area contributed by atoms with Gasteiger partial charge in [-0.2, -0.15) is 0 Å². The quantitative estimate of drug-likeness (QED) is 0.880. The molecule has 2 fully saturated rings. The number of aliphatic hydroxyl groups is 1. The van der Waals surface area contributed by atoms with E-state index in [1.165, 1.54) is 0 Å². The minimum absolute atomic E-state index is 0.0468. The van der Waals surface area contributed by atoms with Crippen molar-refractivity contribution in [3.63, 3.8) is 0 Å². The van der Waals surface area contributed by atoms with Crippen LogP contribution in [0.25, 0.3) is 0 Å². The normalized spacial score (nSPS) is 28.4. The summed E-state index contributed by atoms with van der Waals surface area (Å²) in [5.41, 5.74) is 0.792. The number of likely N-dealkylation sites (N-methyl/N-ethyl adjacent to an activating group) is 1. The van der Waals surface area contributed by atoms with E-state index in [0.717, 1.165) is 31.4 Å². The van der Waals surface area contributed by atoms with Crippen LogP contribution >= 0.6 is 0 Å². The van der Waals surface area contributed by atoms with Crippen LogP contribution in [-0.4, -0.2) is 65.3 Å². The van der Waals surface area contributed by atoms with E-state index in [1.54, 1.807) is 18.2 Å². The van der Waals surface area contributed by atoms with E-state index >= 15 is 0 Å². The first-order valence-electron chi connectivity index (χ1n) is 8.41. The van der Waals surface area contributed by atoms with Crippen molar-refractivity contribution in [2.24, 2.45) is 5.41 Å². The molecule has 5 heteroatoms. The van der Waals surface area contributed by atoms with Crippen molar-refractivity contribution in [2.75, 3.05) is 33.3 Å². The fourth-order valence-electron chi connectivity index (χ4n) is 4.20. The maximum Gasteiger partial charge on any atom is 0.227 e. The van der Waals surface area contributed by atoms with Crippen LogP contribution in [0.1, 0.15) is 24.8 Å². The lowest BCUT2D eigenvalue weighted by atomic mass is 9.69. The molecule has 2 N–H and O–H groups in total. The van der Waals surface area contributed by atoms with Crippen LogP contribution in [0.5, 0.6) is 5.75 Å². The summed E-state index contributed by atoms with van der Waals surface area (Å²) in [6, 6.07) is 7.13. The molecule has 5 nitrogen and oxygen atoms in total. The molecule has 126 valence electrons. The van der Waals surface area contributed by atoms with Gasteiger partial charge in [-0.15, -0.1) is 0 Å². The number of hydrogen-bond acceptors (Lipinski definition) is 4. The number of aliphatic hydroxyl groups excluding tert-OH is 1. The van der Waals surface area contributed by atoms with Crippen LogP contribution in [0.2, 0.25) is 0 Å². The number of fused-ring (bicyclic) bond motifs is 1. The average molecular weight is 318 g/mol. The first-order valence-corrected chi connectivity index (χ1v) is 8.41. The molecule has 2 aliphatic heterocycles. The van der Waals surface area contributed by atoms with Crippen molar-refractivity contribution in [2.45, 2.75) is 31.7 Å². The van der Waals surface area contributed by atoms with E-state index < -0.39 is 0 Å². The summed E-state index contributed by atoms with van der Waals surface area (Å²) in [5.74, 6) is 0.293. The van der Waals surface area contributed by atoms with Gasteiger partial charge in [0.1, 0.15) is 5.75 Å². The maximum absolute atomic E-state index is 12.6. The largest absolute Gasteiger partial charge is 0.508 e. The molecule has 2 aliphatic rings. The third kappa shape index (κ3) is 3.21. The predicted octanol–water partition coefficient (Wildman–Crippen LogP) is 1.24. The highest BCUT2D eigenvalue weighted by Crippen LogP contribution is 2.41. The predicted molar refractivity (Wildman–Crippen MR) is 88.2 cm³/mol. The number of likely N-dealkylation sites (tertiary alicyclic amines) is 2. The number of carbonyl (C=O) groups excluding carboxylic acids is 1. The van der Waals surface area contributed by atoms with Gasteiger partial charge >= 0.3 is 0 Å². The number of rotatable bonds is 3. The Labute approximate surface area is 137 Å². The van der Waals surface area contributed by atoms with Crippen molar-refractivity contribution >= 4 is 5.91 Å². The molecule has 0 radical (unpaired) electrons. The Hall–Kier alpha value is -1.59. The Balaban J connectivity index is 1.69. The third-order valence-electron chi connectivity index (χ3n) is 5.63. The highest BCUT2D eigenvalue weighted by molar-refractivity contribution is 5.79. The maximum atomic E-state index is 12.6. The SMILES string of the molecule is CN1CCC[C@]2(CO)CCN(C(=O)Cc3cccc(O)c3)C[C@@H]12. The summed E-state index contributed by atoms with van der Waals surface area (Å²) in [4.78, 5) is 16.8. The molecule has 0 aromatic heterocycles. The van der Waals surface area contributed by atoms with Crippen LogP contribution < -0.4 is 0 Å². The fourth-order valence-corrected chi connectivity index (χ4v) is 4.20. The summed E-state index contributed by atoms with van der Waals surface area (Å²) in [6.07, 6.45) is 3.35. The summed E-state index contributed by atoms with van der Waals surface area (Å²) in [6.45, 7) is 2.63. The Morgan fingerprint density at radius 2 is 2.17 bits per heavy atom. The van der Waals surface area contributed by atoms with Crippen molar-refractivity contribution in [1.29, 1.82) is 0 Å². The van der Waals surface area contributed by atoms with Gasteiger partial charge < -0.3 is 20.0 Å². The number of phenolic OH excluding ortho intramolecular Hbond substituents is 1. The molecule has 2 heterocycles. The van der Waals surface area contributed by atoms with E-state index in [9.17, 15) is 15.0 Å². The van der Waals surface area contributed by atoms with Gasteiger partial charge in [0, 0.05) is 24.5 Å². The summed E-state index contributed by atoms with van der Waals surface area (Å²) < 4.78 is 0. The number of hydrogen-bond donors (Lipinski definition) is 2. The van der Waals surface area contributed by atoms with Crippen molar-refractivity contribution < 1.29 is 15.0 Å². The number of phenols is 1. The summed E-state index contributed by atoms with van der Waals surface area (Å²) >= 11 is 0. The number of nitrogens with zero attached hydrogens (tertiary/aromatic N) is 2. The Morgan fingerprint density at radius 1 is 1.35 bits per heavy atom. The molecule has 0 spiro atoms. The molecule has 0 saturated carbocycles. The monoisotopic (exact) mass is 318 g/mol. The zero-order valence-corrected chi connectivity index (χ0v) is 13.7. The van der Waals surface area contributed by atoms with E-state index in [2.05, 4.69) is 11.9 Å². The Morgan fingerprint density at radius 3 is 2.91 bits per heavy atom. The number of amides is 1. The van der Waals surface area contributed by atoms with Crippen LogP contribution in [0.3, 0.4) is 0 Å². The van der Waals surface area contributed by atoms with Crippen molar-refractivity contribution in [3.8, 4) is 5.75 Å². The average Bonchev–Trinajstić information content (AvgIpc) is 2.55. The zero-order valence-electron chi connectivity index (χ0n) is 13.7. The second-order valence-electron chi connectivity index (χ2n) is 7.06. The lowest BCUT2D eigenvalue weighted by Gasteiger charge is -2.53. The summed E-state index contributed by atoms with van der Waals surface area (Å²) in [7, 11) is 2.09. The second kappa shape index (κ2) is 6.49. The Kier molecular flexibility index (Phi) is 4.60. The molecule has 1 amide bonds. The van der Waals surface area contributed by atoms with Gasteiger partial charge in [-0.3, -0.25) is 4.79 Å². The van der Waals surface area contributed by atoms with Gasteiger partial charge in [0.15, 0.2) is 0 Å². The van der Waals surface area contributed by atoms with Crippen LogP contribution in [0, 0.1) is 5.41 Å². The van der Waals surface area contributed by atoms with E-state index in [0.29, 0.717) is 19.5 Å². The van der Waals surface area contributed by atoms with Gasteiger partial charge in [0.25, 0.3) is 0 Å². The molecule has 1 aromatic rings. The van der Waals surface area contributed by atoms with E-state index in [-0.39, 0.29) is 29.7 Å². The Bertz CT molecular complexity index is 577. The van der Waals surface area contributed by atoms with E-state index in [1.807, 2.05) is 11.0 Å². The van der Waals surface area contributed by atoms with Gasteiger partial charge in [-0.05, 0) is 50.6 Å². The number of carbonyl (C=O) groups is 1. The number of aromatic hydroxyl groups is 1. The lowest BCUT2D eigenvalue weighted by molar-refractivity contribution is -0.139. The molecule has 3 rings (SSSR count). The van der Waals surface area contributed by atoms with Gasteiger partial charge in [-0.25, -0.2) is 0 Å². The van der Waals surface area contributed by atoms with Crippen LogP contribution in [0.15, 0.2) is 24.3 Å². The summed E-state index contributed by atoms with van der Waals surface area (Å²) in [5, 5.41) is 19.5. The standard InChI is InChI=1S/C18H26N2O3/c1-19-8-3-6-18(13-21)7-9-20(12-16(18)19)17(23)11-14-4-2-5-15(22)10-14/h2,4-5,10,16,21-22H,3,6-9,11-13H2,1H3/t16-,18-/m1/s1. The minimum atomic E-state index is -0.0468. The lowest BCUT2D eigenvalue weighted by Crippen LogP contribution is -2.62. The second-order valence-corrected chi connectivity index (χ2v) is 7.06. The van der Waals surface area contributed by atoms with Crippen molar-refractivity contribution in [1.82, 2.24) is 9.80 Å². The zero-order chi connectivity index (χ0) is 16.4. The first-order chi connectivity index (χ1) is 11.0. The minimum Gasteiger partial charge on any atom is -0.508 e. The number of benzene rings is 1. The molecule has 0 aliphatic carbocycles. The van der Waals surface area contributed by atoms with Gasteiger partial charge in [0.05, 0.1) is 13.0 Å². The molecular formula is C18H26N2O3. The molecule has 2 atom stereocenters. The highest BCUT2D eigenvalue weighted by Gasteiger charge is 2.47. The number of piperidine rings is 2. The molecule has 23 heavy (non-hydrogen) atoms. The van der Waals surface area contributed by atoms with Crippen LogP contribution in [-0.2, 0) is 11.2 Å². The van der Waals surface area contributed by atoms with Crippen molar-refractivity contribution in [3.05, 3.63) is 29.8 Å². The van der Waals surface area contributed by atoms with E-state index in [4.69, 9.17) is 0 Å². The van der Waals surface area contributed by atoms with Gasteiger partial charge in [-0.1, -0.05) is 12.1 Å². The first kappa shape index (κ1) is 16.3. The molecule has 0 bridgehead atoms. The smallest absolute Gasteiger partial charge is 0.227 e. The van der Waals surface area contributed by atoms with Crippen LogP contribution in [0.4, 0.5) is 0 Å². The third-order valence-corrected chi connectivity index (χ3v) is 5.63. The molecule has 0 unspecified atom stereocenters. The van der Waals surface area contributed by atoms with Gasteiger partial charge in [0.2, 0.25) is 5.91 Å². The molecular weight excluding hydrogens is 292 g/mol. The topological polar surface area (TPSA) is 64.0 Å².